The third-order valence-electron chi connectivity index (χ3n) is 1.71. The summed E-state index contributed by atoms with van der Waals surface area (Å²) < 4.78 is 0. The van der Waals surface area contributed by atoms with Crippen LogP contribution >= 0.6 is 0 Å². The molecule has 1 aromatic heterocycles. The number of hydrogen-bond acceptors (Lipinski definition) is 2. The fourth-order valence-electron chi connectivity index (χ4n) is 1.05. The van der Waals surface area contributed by atoms with Crippen LogP contribution in [0.4, 0.5) is 0 Å². The minimum Gasteiger partial charge on any atom is -0.330 e. The number of nitrogens with one attached hydrogen (secondary N) is 1. The maximum Gasteiger partial charge on any atom is 0.255 e. The molecule has 13 heavy (non-hydrogen) atoms. The molecule has 0 aliphatic rings. The monoisotopic (exact) mass is 178 g/mol. The number of aromatic amines is 1. The van der Waals surface area contributed by atoms with Gasteiger partial charge in [0, 0.05) is 11.8 Å². The summed E-state index contributed by atoms with van der Waals surface area (Å²) in [5, 5.41) is 0. The molecule has 0 aliphatic carbocycles. The molecule has 70 valence electrons. The van der Waals surface area contributed by atoms with Crippen molar-refractivity contribution < 1.29 is 0 Å². The first-order valence-corrected chi connectivity index (χ1v) is 4.30. The highest BCUT2D eigenvalue weighted by Crippen LogP contribution is 1.98. The van der Waals surface area contributed by atoms with Gasteiger partial charge < -0.3 is 10.7 Å². The van der Waals surface area contributed by atoms with E-state index in [-0.39, 0.29) is 5.56 Å². The van der Waals surface area contributed by atoms with E-state index in [4.69, 9.17) is 5.73 Å². The van der Waals surface area contributed by atoms with Gasteiger partial charge in [0.1, 0.15) is 0 Å². The van der Waals surface area contributed by atoms with E-state index in [0.29, 0.717) is 12.1 Å². The number of H-pyrrole nitrogens is 1. The number of rotatable bonds is 3. The molecule has 0 amide bonds. The van der Waals surface area contributed by atoms with Crippen molar-refractivity contribution in [2.75, 3.05) is 6.54 Å². The standard InChI is InChI=1S/C10H14N2O/c1-8-6-9(4-2-3-5-11)10(13)12-7-8/h2,4,6-7H,3,5,11H2,1H3,(H,12,13). The van der Waals surface area contributed by atoms with E-state index in [1.165, 1.54) is 0 Å². The van der Waals surface area contributed by atoms with Crippen LogP contribution in [0.5, 0.6) is 0 Å². The summed E-state index contributed by atoms with van der Waals surface area (Å²) in [5.74, 6) is 0. The maximum atomic E-state index is 11.2. The Morgan fingerprint density at radius 1 is 1.62 bits per heavy atom. The zero-order chi connectivity index (χ0) is 9.68. The van der Waals surface area contributed by atoms with Gasteiger partial charge in [-0.1, -0.05) is 12.2 Å². The van der Waals surface area contributed by atoms with Crippen molar-refractivity contribution >= 4 is 6.08 Å². The normalized spacial score (nSPS) is 10.9. The molecule has 0 atom stereocenters. The van der Waals surface area contributed by atoms with Crippen LogP contribution in [0.2, 0.25) is 0 Å². The third-order valence-corrected chi connectivity index (χ3v) is 1.71. The average Bonchev–Trinajstić information content (AvgIpc) is 2.11. The quantitative estimate of drug-likeness (QED) is 0.726. The predicted molar refractivity (Wildman–Crippen MR) is 54.5 cm³/mol. The first kappa shape index (κ1) is 9.74. The first-order chi connectivity index (χ1) is 6.24. The summed E-state index contributed by atoms with van der Waals surface area (Å²) in [5.41, 5.74) is 7.00. The number of pyridine rings is 1. The highest BCUT2D eigenvalue weighted by atomic mass is 16.1. The molecule has 3 nitrogen and oxygen atoms in total. The van der Waals surface area contributed by atoms with Crippen LogP contribution in [-0.2, 0) is 0 Å². The van der Waals surface area contributed by atoms with Crippen LogP contribution in [0.25, 0.3) is 6.08 Å². The summed E-state index contributed by atoms with van der Waals surface area (Å²) in [6.45, 7) is 2.55. The number of nitrogens with two attached hydrogens (primary N) is 1. The summed E-state index contributed by atoms with van der Waals surface area (Å²) in [4.78, 5) is 13.9. The Morgan fingerprint density at radius 2 is 2.38 bits per heavy atom. The zero-order valence-corrected chi connectivity index (χ0v) is 7.71. The number of aryl methyl sites for hydroxylation is 1. The summed E-state index contributed by atoms with van der Waals surface area (Å²) in [7, 11) is 0. The van der Waals surface area contributed by atoms with Gasteiger partial charge in [0.15, 0.2) is 0 Å². The molecule has 0 bridgehead atoms. The molecule has 0 fully saturated rings. The molecule has 1 rings (SSSR count). The second kappa shape index (κ2) is 4.62. The highest BCUT2D eigenvalue weighted by Gasteiger charge is 1.93. The Hall–Kier alpha value is -1.35. The van der Waals surface area contributed by atoms with Gasteiger partial charge in [-0.25, -0.2) is 0 Å². The van der Waals surface area contributed by atoms with Crippen LogP contribution in [-0.4, -0.2) is 11.5 Å². The van der Waals surface area contributed by atoms with Gasteiger partial charge in [-0.2, -0.15) is 0 Å². The van der Waals surface area contributed by atoms with Crippen LogP contribution in [0, 0.1) is 6.92 Å². The van der Waals surface area contributed by atoms with Gasteiger partial charge in [0.05, 0.1) is 0 Å². The second-order valence-corrected chi connectivity index (χ2v) is 2.94. The van der Waals surface area contributed by atoms with Crippen molar-refractivity contribution in [2.45, 2.75) is 13.3 Å². The minimum atomic E-state index is -0.0566. The molecule has 1 aromatic rings. The number of aromatic nitrogens is 1. The lowest BCUT2D eigenvalue weighted by atomic mass is 10.2. The molecule has 0 aromatic carbocycles. The summed E-state index contributed by atoms with van der Waals surface area (Å²) in [6, 6.07) is 1.85. The lowest BCUT2D eigenvalue weighted by molar-refractivity contribution is 1.01. The molecule has 0 saturated heterocycles. The summed E-state index contributed by atoms with van der Waals surface area (Å²) >= 11 is 0. The highest BCUT2D eigenvalue weighted by molar-refractivity contribution is 5.48. The fraction of sp³-hybridized carbons (Fsp3) is 0.300. The van der Waals surface area contributed by atoms with Gasteiger partial charge in [0.2, 0.25) is 0 Å². The maximum absolute atomic E-state index is 11.2. The van der Waals surface area contributed by atoms with E-state index < -0.39 is 0 Å². The lowest BCUT2D eigenvalue weighted by Gasteiger charge is -1.94. The van der Waals surface area contributed by atoms with Crippen molar-refractivity contribution in [1.82, 2.24) is 4.98 Å². The average molecular weight is 178 g/mol. The van der Waals surface area contributed by atoms with E-state index in [2.05, 4.69) is 4.98 Å². The van der Waals surface area contributed by atoms with Gasteiger partial charge in [-0.3, -0.25) is 4.79 Å². The molecule has 0 spiro atoms. The van der Waals surface area contributed by atoms with Crippen LogP contribution in [0.15, 0.2) is 23.1 Å². The van der Waals surface area contributed by atoms with Crippen LogP contribution < -0.4 is 11.3 Å². The Balaban J connectivity index is 2.87. The molecular formula is C10H14N2O. The van der Waals surface area contributed by atoms with Crippen molar-refractivity contribution in [3.63, 3.8) is 0 Å². The molecular weight excluding hydrogens is 164 g/mol. The van der Waals surface area contributed by atoms with E-state index in [0.717, 1.165) is 12.0 Å². The molecule has 3 heteroatoms. The molecule has 0 radical (unpaired) electrons. The topological polar surface area (TPSA) is 58.9 Å². The minimum absolute atomic E-state index is 0.0566. The second-order valence-electron chi connectivity index (χ2n) is 2.94. The van der Waals surface area contributed by atoms with Crippen molar-refractivity contribution in [1.29, 1.82) is 0 Å². The van der Waals surface area contributed by atoms with Gasteiger partial charge in [0.25, 0.3) is 5.56 Å². The smallest absolute Gasteiger partial charge is 0.255 e. The molecule has 0 saturated carbocycles. The Morgan fingerprint density at radius 3 is 3.08 bits per heavy atom. The molecule has 0 unspecified atom stereocenters. The third kappa shape index (κ3) is 2.87. The Kier molecular flexibility index (Phi) is 3.46. The fourth-order valence-corrected chi connectivity index (χ4v) is 1.05. The Bertz CT molecular complexity index is 352. The van der Waals surface area contributed by atoms with E-state index in [1.807, 2.05) is 19.1 Å². The largest absolute Gasteiger partial charge is 0.330 e. The van der Waals surface area contributed by atoms with Gasteiger partial charge in [-0.05, 0) is 31.5 Å². The van der Waals surface area contributed by atoms with E-state index in [1.54, 1.807) is 12.3 Å². The lowest BCUT2D eigenvalue weighted by Crippen LogP contribution is -2.08. The first-order valence-electron chi connectivity index (χ1n) is 4.30. The van der Waals surface area contributed by atoms with Crippen molar-refractivity contribution in [3.05, 3.63) is 39.8 Å². The van der Waals surface area contributed by atoms with E-state index >= 15 is 0 Å². The molecule has 1 heterocycles. The van der Waals surface area contributed by atoms with Crippen molar-refractivity contribution in [3.8, 4) is 0 Å². The summed E-state index contributed by atoms with van der Waals surface area (Å²) in [6.07, 6.45) is 6.21. The van der Waals surface area contributed by atoms with Gasteiger partial charge in [-0.15, -0.1) is 0 Å². The van der Waals surface area contributed by atoms with Crippen molar-refractivity contribution in [2.24, 2.45) is 5.73 Å². The zero-order valence-electron chi connectivity index (χ0n) is 7.71. The van der Waals surface area contributed by atoms with Crippen LogP contribution in [0.3, 0.4) is 0 Å². The SMILES string of the molecule is Cc1c[nH]c(=O)c(C=CCCN)c1. The molecule has 3 N–H and O–H groups in total. The number of hydrogen-bond donors (Lipinski definition) is 2. The van der Waals surface area contributed by atoms with Crippen LogP contribution in [0.1, 0.15) is 17.5 Å². The van der Waals surface area contributed by atoms with E-state index in [9.17, 15) is 4.79 Å². The Labute approximate surface area is 77.3 Å². The predicted octanol–water partition coefficient (Wildman–Crippen LogP) is 1.05. The van der Waals surface area contributed by atoms with Gasteiger partial charge >= 0.3 is 0 Å². The molecule has 0 aliphatic heterocycles.